The number of aromatic nitrogens is 1. The van der Waals surface area contributed by atoms with Crippen LogP contribution in [0.2, 0.25) is 0 Å². The quantitative estimate of drug-likeness (QED) is 0.566. The molecule has 0 unspecified atom stereocenters. The first-order valence-corrected chi connectivity index (χ1v) is 10.9. The number of hydrogen-bond donors (Lipinski definition) is 1. The average Bonchev–Trinajstić information content (AvgIpc) is 3.27. The minimum Gasteiger partial charge on any atom is -0.462 e. The monoisotopic (exact) mass is 415 g/mol. The number of nitrogens with one attached hydrogen (secondary N) is 1. The highest BCUT2D eigenvalue weighted by molar-refractivity contribution is 8.00. The second-order valence-corrected chi connectivity index (χ2v) is 8.50. The molecule has 1 N–H and O–H groups in total. The molecule has 2 heterocycles. The minimum atomic E-state index is -0.378. The lowest BCUT2D eigenvalue weighted by molar-refractivity contribution is -0.113. The van der Waals surface area contributed by atoms with Crippen LogP contribution >= 0.6 is 23.1 Å². The number of thiophene rings is 1. The van der Waals surface area contributed by atoms with E-state index in [1.54, 1.807) is 13.0 Å². The number of esters is 1. The van der Waals surface area contributed by atoms with Crippen LogP contribution in [0.1, 0.15) is 51.0 Å². The molecule has 0 spiro atoms. The smallest absolute Gasteiger partial charge is 0.348 e. The maximum Gasteiger partial charge on any atom is 0.348 e. The highest BCUT2D eigenvalue weighted by atomic mass is 32.2. The molecule has 0 aromatic carbocycles. The van der Waals surface area contributed by atoms with Crippen LogP contribution < -0.4 is 5.32 Å². The molecule has 0 saturated heterocycles. The van der Waals surface area contributed by atoms with Crippen molar-refractivity contribution in [2.75, 3.05) is 17.7 Å². The van der Waals surface area contributed by atoms with Gasteiger partial charge in [0.05, 0.1) is 22.9 Å². The van der Waals surface area contributed by atoms with Crippen LogP contribution in [0.25, 0.3) is 0 Å². The van der Waals surface area contributed by atoms with E-state index >= 15 is 0 Å². The fourth-order valence-corrected chi connectivity index (χ4v) is 5.07. The first-order chi connectivity index (χ1) is 13.4. The molecular formula is C20H21N3O3S2. The molecule has 8 heteroatoms. The number of nitrogens with zero attached hydrogens (tertiary/aromatic N) is 2. The van der Waals surface area contributed by atoms with Crippen molar-refractivity contribution in [3.05, 3.63) is 38.9 Å². The number of anilines is 1. The van der Waals surface area contributed by atoms with Crippen LogP contribution in [-0.2, 0) is 22.4 Å². The number of hydrogen-bond acceptors (Lipinski definition) is 7. The fourth-order valence-electron chi connectivity index (χ4n) is 3.23. The number of aryl methyl sites for hydroxylation is 2. The van der Waals surface area contributed by atoms with E-state index in [1.807, 2.05) is 13.8 Å². The third-order valence-electron chi connectivity index (χ3n) is 4.56. The van der Waals surface area contributed by atoms with E-state index < -0.39 is 0 Å². The summed E-state index contributed by atoms with van der Waals surface area (Å²) < 4.78 is 5.02. The van der Waals surface area contributed by atoms with E-state index in [4.69, 9.17) is 4.74 Å². The number of ether oxygens (including phenoxy) is 1. The van der Waals surface area contributed by atoms with E-state index in [1.165, 1.54) is 28.7 Å². The average molecular weight is 416 g/mol. The Kier molecular flexibility index (Phi) is 6.37. The summed E-state index contributed by atoms with van der Waals surface area (Å²) in [5.41, 5.74) is 4.56. The minimum absolute atomic E-state index is 0.144. The van der Waals surface area contributed by atoms with E-state index in [9.17, 15) is 14.9 Å². The Labute approximate surface area is 172 Å². The largest absolute Gasteiger partial charge is 0.462 e. The summed E-state index contributed by atoms with van der Waals surface area (Å²) in [7, 11) is 0. The lowest BCUT2D eigenvalue weighted by Gasteiger charge is -2.10. The van der Waals surface area contributed by atoms with Gasteiger partial charge in [-0.15, -0.1) is 11.3 Å². The molecule has 2 aromatic heterocycles. The van der Waals surface area contributed by atoms with Gasteiger partial charge in [0.2, 0.25) is 5.91 Å². The van der Waals surface area contributed by atoms with Crippen molar-refractivity contribution in [2.45, 2.75) is 45.1 Å². The van der Waals surface area contributed by atoms with Gasteiger partial charge in [0.25, 0.3) is 0 Å². The molecule has 0 radical (unpaired) electrons. The van der Waals surface area contributed by atoms with Crippen molar-refractivity contribution >= 4 is 40.0 Å². The zero-order valence-corrected chi connectivity index (χ0v) is 17.7. The van der Waals surface area contributed by atoms with Crippen LogP contribution in [0.5, 0.6) is 0 Å². The molecule has 3 rings (SSSR count). The number of amides is 1. The van der Waals surface area contributed by atoms with Gasteiger partial charge in [0.15, 0.2) is 0 Å². The van der Waals surface area contributed by atoms with Gasteiger partial charge in [-0.25, -0.2) is 9.78 Å². The lowest BCUT2D eigenvalue weighted by atomic mass is 10.0. The van der Waals surface area contributed by atoms with Gasteiger partial charge < -0.3 is 10.1 Å². The Morgan fingerprint density at radius 3 is 2.89 bits per heavy atom. The summed E-state index contributed by atoms with van der Waals surface area (Å²) in [6.45, 7) is 5.83. The number of thioether (sulfide) groups is 1. The third-order valence-corrected chi connectivity index (χ3v) is 6.67. The molecule has 0 saturated carbocycles. The molecule has 28 heavy (non-hydrogen) atoms. The molecule has 0 atom stereocenters. The Balaban J connectivity index is 1.67. The van der Waals surface area contributed by atoms with Crippen LogP contribution in [0.3, 0.4) is 0 Å². The maximum atomic E-state index is 12.4. The molecule has 0 bridgehead atoms. The number of nitriles is 1. The van der Waals surface area contributed by atoms with Gasteiger partial charge in [-0.05, 0) is 62.8 Å². The van der Waals surface area contributed by atoms with E-state index in [0.717, 1.165) is 36.1 Å². The third kappa shape index (κ3) is 4.21. The predicted molar refractivity (Wildman–Crippen MR) is 110 cm³/mol. The molecule has 0 aliphatic heterocycles. The molecule has 0 fully saturated rings. The normalized spacial score (nSPS) is 12.4. The Hall–Kier alpha value is -2.37. The van der Waals surface area contributed by atoms with Crippen LogP contribution in [0.15, 0.2) is 11.1 Å². The Morgan fingerprint density at radius 2 is 2.18 bits per heavy atom. The van der Waals surface area contributed by atoms with E-state index in [-0.39, 0.29) is 17.6 Å². The van der Waals surface area contributed by atoms with Crippen LogP contribution in [0, 0.1) is 25.2 Å². The fraction of sp³-hybridized carbons (Fsp3) is 0.400. The van der Waals surface area contributed by atoms with Gasteiger partial charge in [0, 0.05) is 5.69 Å². The van der Waals surface area contributed by atoms with Crippen LogP contribution in [0.4, 0.5) is 5.00 Å². The number of carbonyl (C=O) groups is 2. The summed E-state index contributed by atoms with van der Waals surface area (Å²) >= 11 is 2.47. The highest BCUT2D eigenvalue weighted by Crippen LogP contribution is 2.32. The van der Waals surface area contributed by atoms with Crippen molar-refractivity contribution in [3.8, 4) is 6.07 Å². The zero-order valence-electron chi connectivity index (χ0n) is 16.0. The second-order valence-electron chi connectivity index (χ2n) is 6.49. The second kappa shape index (κ2) is 8.76. The van der Waals surface area contributed by atoms with Gasteiger partial charge in [-0.1, -0.05) is 11.8 Å². The van der Waals surface area contributed by atoms with Gasteiger partial charge in [0.1, 0.15) is 16.0 Å². The first kappa shape index (κ1) is 20.4. The standard InChI is InChI=1S/C20H21N3O3S2/c1-4-26-20(25)18-11(2)8-17(28-18)23-16(24)10-27-19-14(9-21)12(3)13-6-5-7-15(13)22-19/h8H,4-7,10H2,1-3H3,(H,23,24). The number of rotatable bonds is 6. The van der Waals surface area contributed by atoms with Gasteiger partial charge in [-0.2, -0.15) is 5.26 Å². The molecular weight excluding hydrogens is 394 g/mol. The number of fused-ring (bicyclic) bond motifs is 1. The van der Waals surface area contributed by atoms with E-state index in [0.29, 0.717) is 27.1 Å². The van der Waals surface area contributed by atoms with Crippen molar-refractivity contribution in [1.82, 2.24) is 4.98 Å². The van der Waals surface area contributed by atoms with Crippen molar-refractivity contribution in [2.24, 2.45) is 0 Å². The lowest BCUT2D eigenvalue weighted by Crippen LogP contribution is -2.13. The van der Waals surface area contributed by atoms with Crippen molar-refractivity contribution in [3.63, 3.8) is 0 Å². The predicted octanol–water partition coefficient (Wildman–Crippen LogP) is 4.03. The Morgan fingerprint density at radius 1 is 1.39 bits per heavy atom. The summed E-state index contributed by atoms with van der Waals surface area (Å²) in [4.78, 5) is 29.4. The number of carbonyl (C=O) groups excluding carboxylic acids is 2. The first-order valence-electron chi connectivity index (χ1n) is 9.07. The van der Waals surface area contributed by atoms with Crippen molar-refractivity contribution < 1.29 is 14.3 Å². The van der Waals surface area contributed by atoms with Crippen molar-refractivity contribution in [1.29, 1.82) is 5.26 Å². The van der Waals surface area contributed by atoms with E-state index in [2.05, 4.69) is 16.4 Å². The summed E-state index contributed by atoms with van der Waals surface area (Å²) in [5.74, 6) is -0.437. The molecule has 1 aliphatic carbocycles. The molecule has 1 amide bonds. The highest BCUT2D eigenvalue weighted by Gasteiger charge is 2.22. The van der Waals surface area contributed by atoms with Gasteiger partial charge in [-0.3, -0.25) is 4.79 Å². The molecule has 1 aliphatic rings. The maximum absolute atomic E-state index is 12.4. The SMILES string of the molecule is CCOC(=O)c1sc(NC(=O)CSc2nc3c(c(C)c2C#N)CCC3)cc1C. The summed E-state index contributed by atoms with van der Waals surface area (Å²) in [6.07, 6.45) is 2.95. The zero-order chi connectivity index (χ0) is 20.3. The number of pyridine rings is 1. The molecule has 146 valence electrons. The molecule has 2 aromatic rings. The van der Waals surface area contributed by atoms with Gasteiger partial charge >= 0.3 is 5.97 Å². The van der Waals surface area contributed by atoms with Crippen LogP contribution in [-0.4, -0.2) is 29.2 Å². The Bertz CT molecular complexity index is 976. The summed E-state index contributed by atoms with van der Waals surface area (Å²) in [5, 5.41) is 13.5. The topological polar surface area (TPSA) is 92.1 Å². The molecule has 6 nitrogen and oxygen atoms in total. The summed E-state index contributed by atoms with van der Waals surface area (Å²) in [6, 6.07) is 4.00.